The van der Waals surface area contributed by atoms with Crippen LogP contribution in [0.2, 0.25) is 0 Å². The number of quaternary nitrogens is 1. The van der Waals surface area contributed by atoms with Gasteiger partial charge in [-0.05, 0) is 128 Å². The van der Waals surface area contributed by atoms with Crippen LogP contribution in [0.5, 0.6) is 0 Å². The van der Waals surface area contributed by atoms with E-state index in [4.69, 9.17) is 18.9 Å². The monoisotopic (exact) mass is 1150 g/mol. The molecule has 0 amide bonds. The van der Waals surface area contributed by atoms with Gasteiger partial charge in [0.15, 0.2) is 6.10 Å². The summed E-state index contributed by atoms with van der Waals surface area (Å²) < 4.78 is 22.9. The average molecular weight is 1150 g/mol. The van der Waals surface area contributed by atoms with E-state index in [1.807, 2.05) is 21.1 Å². The molecule has 0 aromatic rings. The van der Waals surface area contributed by atoms with Crippen molar-refractivity contribution in [2.75, 3.05) is 47.5 Å². The highest BCUT2D eigenvalue weighted by Gasteiger charge is 2.25. The molecule has 0 heterocycles. The van der Waals surface area contributed by atoms with E-state index in [2.05, 4.69) is 184 Å². The van der Waals surface area contributed by atoms with Gasteiger partial charge >= 0.3 is 17.9 Å². The maximum Gasteiger partial charge on any atom is 0.361 e. The molecule has 0 spiro atoms. The first-order valence-electron chi connectivity index (χ1n) is 32.3. The highest BCUT2D eigenvalue weighted by atomic mass is 16.7. The van der Waals surface area contributed by atoms with Crippen LogP contribution < -0.4 is 0 Å². The summed E-state index contributed by atoms with van der Waals surface area (Å²) in [6, 6.07) is 0. The fourth-order valence-electron chi connectivity index (χ4n) is 8.09. The van der Waals surface area contributed by atoms with E-state index in [-0.39, 0.29) is 38.6 Å². The van der Waals surface area contributed by atoms with Crippen molar-refractivity contribution in [1.82, 2.24) is 0 Å². The highest BCUT2D eigenvalue weighted by Crippen LogP contribution is 2.14. The number of carboxylic acids is 1. The van der Waals surface area contributed by atoms with Gasteiger partial charge in [0, 0.05) is 12.8 Å². The van der Waals surface area contributed by atoms with Crippen LogP contribution in [0.4, 0.5) is 0 Å². The fourth-order valence-corrected chi connectivity index (χ4v) is 8.09. The first-order valence-corrected chi connectivity index (χ1v) is 32.3. The number of allylic oxidation sites excluding steroid dienone is 28. The summed E-state index contributed by atoms with van der Waals surface area (Å²) in [5.74, 6) is -2.06. The van der Waals surface area contributed by atoms with E-state index in [1.54, 1.807) is 0 Å². The molecule has 2 unspecified atom stereocenters. The zero-order valence-electron chi connectivity index (χ0n) is 53.0. The van der Waals surface area contributed by atoms with Crippen molar-refractivity contribution in [2.45, 2.75) is 232 Å². The van der Waals surface area contributed by atoms with Gasteiger partial charge in [0.1, 0.15) is 13.2 Å². The number of nitrogens with zero attached hydrogens (tertiary/aromatic N) is 1. The Morgan fingerprint density at radius 3 is 0.964 bits per heavy atom. The van der Waals surface area contributed by atoms with Crippen LogP contribution in [0.25, 0.3) is 0 Å². The molecule has 0 aliphatic rings. The predicted molar refractivity (Wildman–Crippen MR) is 354 cm³/mol. The predicted octanol–water partition coefficient (Wildman–Crippen LogP) is 19.9. The van der Waals surface area contributed by atoms with Crippen molar-refractivity contribution >= 4 is 17.9 Å². The largest absolute Gasteiger partial charge is 0.477 e. The first kappa shape index (κ1) is 77.7. The topological polar surface area (TPSA) is 108 Å². The lowest BCUT2D eigenvalue weighted by Crippen LogP contribution is -2.40. The van der Waals surface area contributed by atoms with E-state index in [0.717, 1.165) is 141 Å². The van der Waals surface area contributed by atoms with Crippen molar-refractivity contribution in [3.63, 3.8) is 0 Å². The Bertz CT molecular complexity index is 1960. The Morgan fingerprint density at radius 2 is 0.651 bits per heavy atom. The van der Waals surface area contributed by atoms with E-state index in [9.17, 15) is 19.5 Å². The fraction of sp³-hybridized carbons (Fsp3) is 0.581. The maximum atomic E-state index is 12.9. The second-order valence-corrected chi connectivity index (χ2v) is 22.0. The Hall–Kier alpha value is -5.35. The molecule has 9 nitrogen and oxygen atoms in total. The first-order chi connectivity index (χ1) is 40.6. The van der Waals surface area contributed by atoms with Crippen LogP contribution in [0.15, 0.2) is 170 Å². The molecule has 0 saturated carbocycles. The summed E-state index contributed by atoms with van der Waals surface area (Å²) >= 11 is 0. The minimum Gasteiger partial charge on any atom is -0.477 e. The summed E-state index contributed by atoms with van der Waals surface area (Å²) in [4.78, 5) is 37.5. The van der Waals surface area contributed by atoms with Gasteiger partial charge in [-0.25, -0.2) is 4.79 Å². The van der Waals surface area contributed by atoms with Crippen LogP contribution in [0, 0.1) is 0 Å². The van der Waals surface area contributed by atoms with E-state index < -0.39 is 24.3 Å². The molecule has 0 radical (unpaired) electrons. The van der Waals surface area contributed by atoms with E-state index in [1.165, 1.54) is 38.5 Å². The number of carbonyl (C=O) groups excluding carboxylic acids is 2. The number of likely N-dealkylation sites (N-methyl/N-ethyl adjacent to an activating group) is 1. The molecule has 0 aromatic carbocycles. The summed E-state index contributed by atoms with van der Waals surface area (Å²) in [5.41, 5.74) is 0. The Kier molecular flexibility index (Phi) is 58.6. The standard InChI is InChI=1S/C74H117NO8/c1-6-8-10-12-14-16-18-20-22-24-25-26-27-28-29-30-31-32-33-34-35-36-37-38-39-40-41-42-43-44-45-46-47-49-51-53-55-57-59-61-63-65-72(77)83-70(69-82-74(73(78)79)80-67-66-75(3,4)5)68-81-71(76)64-62-60-58-56-54-52-50-48-23-21-19-17-15-13-11-9-7-2/h8-11,14-17,20-23,25-26,28-29,31-32,34-35,37-38,40-41,43-44,50,52,70,74H,6-7,12-13,18-19,24,27,30,33,36,39,42,45-49,51,53-69H2,1-5H3/p+1/b10-8-,11-9-,16-14-,17-15-,22-20-,23-21-,26-25-,29-28-,32-31-,35-34-,38-37-,41-40-,44-43-,52-50-. The molecule has 466 valence electrons. The second-order valence-electron chi connectivity index (χ2n) is 22.0. The van der Waals surface area contributed by atoms with Crippen molar-refractivity contribution in [2.24, 2.45) is 0 Å². The van der Waals surface area contributed by atoms with Crippen LogP contribution in [-0.2, 0) is 33.3 Å². The summed E-state index contributed by atoms with van der Waals surface area (Å²) in [6.45, 7) is 4.59. The van der Waals surface area contributed by atoms with E-state index >= 15 is 0 Å². The summed E-state index contributed by atoms with van der Waals surface area (Å²) in [6.07, 6.45) is 91.7. The number of ether oxygens (including phenoxy) is 4. The van der Waals surface area contributed by atoms with Gasteiger partial charge in [-0.3, -0.25) is 9.59 Å². The summed E-state index contributed by atoms with van der Waals surface area (Å²) in [7, 11) is 5.95. The third kappa shape index (κ3) is 64.1. The number of carbonyl (C=O) groups is 3. The highest BCUT2D eigenvalue weighted by molar-refractivity contribution is 5.71. The molecule has 0 rings (SSSR count). The van der Waals surface area contributed by atoms with Gasteiger partial charge in [0.25, 0.3) is 6.29 Å². The molecule has 0 aliphatic carbocycles. The molecule has 0 bridgehead atoms. The molecule has 0 aliphatic heterocycles. The lowest BCUT2D eigenvalue weighted by atomic mass is 10.0. The number of rotatable bonds is 57. The lowest BCUT2D eigenvalue weighted by Gasteiger charge is -2.25. The molecule has 0 aromatic heterocycles. The maximum absolute atomic E-state index is 12.9. The number of unbranched alkanes of at least 4 members (excludes halogenated alkanes) is 14. The number of aliphatic carboxylic acids is 1. The molecule has 0 fully saturated rings. The Labute approximate surface area is 507 Å². The van der Waals surface area contributed by atoms with Crippen LogP contribution in [0.1, 0.15) is 219 Å². The second kappa shape index (κ2) is 62.7. The SMILES string of the molecule is CC/C=C\C/C=C\C/C=C\C/C=C\C/C=C\C/C=C\C/C=C\C/C=C\C/C=C\C/C=C\CCCCCCCCCCCCC(=O)OC(COC(=O)CCCCCC/C=C\C/C=C\C/C=C\C/C=C\CC)COC(OCC[N+](C)(C)C)C(=O)O. The minimum absolute atomic E-state index is 0.174. The molecule has 83 heavy (non-hydrogen) atoms. The lowest BCUT2D eigenvalue weighted by molar-refractivity contribution is -0.870. The zero-order chi connectivity index (χ0) is 60.5. The van der Waals surface area contributed by atoms with Crippen molar-refractivity contribution in [1.29, 1.82) is 0 Å². The van der Waals surface area contributed by atoms with Gasteiger partial charge < -0.3 is 28.5 Å². The third-order valence-corrected chi connectivity index (χ3v) is 13.0. The van der Waals surface area contributed by atoms with Gasteiger partial charge in [-0.2, -0.15) is 0 Å². The Morgan fingerprint density at radius 1 is 0.361 bits per heavy atom. The third-order valence-electron chi connectivity index (χ3n) is 13.0. The van der Waals surface area contributed by atoms with Gasteiger partial charge in [0.05, 0.1) is 34.4 Å². The molecule has 2 atom stereocenters. The van der Waals surface area contributed by atoms with E-state index in [0.29, 0.717) is 23.9 Å². The number of hydrogen-bond donors (Lipinski definition) is 1. The number of esters is 2. The molecule has 1 N–H and O–H groups in total. The van der Waals surface area contributed by atoms with Gasteiger partial charge in [-0.15, -0.1) is 0 Å². The molecule has 0 saturated heterocycles. The average Bonchev–Trinajstić information content (AvgIpc) is 3.46. The van der Waals surface area contributed by atoms with Crippen LogP contribution in [-0.4, -0.2) is 87.4 Å². The van der Waals surface area contributed by atoms with Crippen LogP contribution >= 0.6 is 0 Å². The summed E-state index contributed by atoms with van der Waals surface area (Å²) in [5, 5.41) is 9.71. The normalized spacial score (nSPS) is 13.9. The van der Waals surface area contributed by atoms with Crippen molar-refractivity contribution in [3.8, 4) is 0 Å². The zero-order valence-corrected chi connectivity index (χ0v) is 53.0. The van der Waals surface area contributed by atoms with Crippen molar-refractivity contribution < 1.29 is 42.9 Å². The quantitative estimate of drug-likeness (QED) is 0.0211. The molecule has 9 heteroatoms. The minimum atomic E-state index is -1.53. The van der Waals surface area contributed by atoms with Crippen LogP contribution in [0.3, 0.4) is 0 Å². The number of hydrogen-bond acceptors (Lipinski definition) is 7. The molecular weight excluding hydrogens is 1030 g/mol. The molecular formula is C74H118NO8+. The number of carboxylic acid groups (broad SMARTS) is 1. The van der Waals surface area contributed by atoms with Crippen molar-refractivity contribution in [3.05, 3.63) is 170 Å². The Balaban J connectivity index is 4.18. The smallest absolute Gasteiger partial charge is 0.361 e. The van der Waals surface area contributed by atoms with Gasteiger partial charge in [-0.1, -0.05) is 248 Å². The van der Waals surface area contributed by atoms with Gasteiger partial charge in [0.2, 0.25) is 0 Å².